The van der Waals surface area contributed by atoms with E-state index in [0.29, 0.717) is 19.3 Å². The lowest BCUT2D eigenvalue weighted by Gasteiger charge is -2.24. The number of hydrogen-bond donors (Lipinski definition) is 3. The molecular weight excluding hydrogens is 695 g/mol. The van der Waals surface area contributed by atoms with Crippen molar-refractivity contribution < 1.29 is 24.5 Å². The van der Waals surface area contributed by atoms with E-state index >= 15 is 0 Å². The van der Waals surface area contributed by atoms with Crippen LogP contribution in [0, 0.1) is 0 Å². The van der Waals surface area contributed by atoms with Crippen LogP contribution in [0.1, 0.15) is 258 Å². The van der Waals surface area contributed by atoms with Gasteiger partial charge in [0.25, 0.3) is 0 Å². The highest BCUT2D eigenvalue weighted by atomic mass is 16.5. The summed E-state index contributed by atoms with van der Waals surface area (Å²) in [5.41, 5.74) is 0. The number of hydrogen-bond acceptors (Lipinski definition) is 5. The summed E-state index contributed by atoms with van der Waals surface area (Å²) in [4.78, 5) is 26.0. The fraction of sp³-hybridized carbons (Fsp3) is 0.880. The van der Waals surface area contributed by atoms with Gasteiger partial charge in [0.05, 0.1) is 25.2 Å². The van der Waals surface area contributed by atoms with Gasteiger partial charge in [-0.05, 0) is 77.0 Å². The third-order valence-electron chi connectivity index (χ3n) is 11.3. The standard InChI is InChI=1S/C50H95NO5/c1-4-7-10-13-16-19-22-25-26-29-32-35-38-41-46(56-50(55)43-40-37-34-31-28-24-21-18-15-12-9-6-3)44-49(54)51-47(45-52)48(53)42-39-36-33-30-27-23-20-17-14-11-8-5-2/h18-19,21-22,46-48,52-53H,4-17,20,23-45H2,1-3H3,(H,51,54)/b21-18-,22-19-. The molecule has 0 aromatic carbocycles. The quantitative estimate of drug-likeness (QED) is 0.0324. The Kier molecular flexibility index (Phi) is 43.1. The van der Waals surface area contributed by atoms with E-state index in [4.69, 9.17) is 4.74 Å². The molecule has 0 radical (unpaired) electrons. The second kappa shape index (κ2) is 44.4. The van der Waals surface area contributed by atoms with Crippen LogP contribution in [0.5, 0.6) is 0 Å². The fourth-order valence-electron chi connectivity index (χ4n) is 7.48. The van der Waals surface area contributed by atoms with E-state index < -0.39 is 18.2 Å². The molecule has 0 saturated carbocycles. The number of aliphatic hydroxyl groups excluding tert-OH is 2. The Morgan fingerprint density at radius 3 is 1.32 bits per heavy atom. The van der Waals surface area contributed by atoms with E-state index in [9.17, 15) is 19.8 Å². The van der Waals surface area contributed by atoms with E-state index in [1.807, 2.05) is 0 Å². The molecule has 0 rings (SSSR count). The van der Waals surface area contributed by atoms with Crippen LogP contribution in [0.15, 0.2) is 24.3 Å². The first-order valence-corrected chi connectivity index (χ1v) is 24.6. The van der Waals surface area contributed by atoms with Crippen LogP contribution in [0.3, 0.4) is 0 Å². The van der Waals surface area contributed by atoms with Gasteiger partial charge in [-0.2, -0.15) is 0 Å². The molecule has 3 N–H and O–H groups in total. The summed E-state index contributed by atoms with van der Waals surface area (Å²) >= 11 is 0. The minimum atomic E-state index is -0.786. The Bertz CT molecular complexity index is 889. The van der Waals surface area contributed by atoms with Gasteiger partial charge in [0.15, 0.2) is 0 Å². The van der Waals surface area contributed by atoms with Gasteiger partial charge in [0, 0.05) is 6.42 Å². The predicted molar refractivity (Wildman–Crippen MR) is 241 cm³/mol. The number of unbranched alkanes of at least 4 members (excludes halogenated alkanes) is 28. The second-order valence-corrected chi connectivity index (χ2v) is 16.9. The largest absolute Gasteiger partial charge is 0.462 e. The molecule has 330 valence electrons. The van der Waals surface area contributed by atoms with Crippen molar-refractivity contribution in [1.29, 1.82) is 0 Å². The van der Waals surface area contributed by atoms with Crippen LogP contribution in [0.25, 0.3) is 0 Å². The molecule has 0 heterocycles. The molecule has 6 heteroatoms. The zero-order chi connectivity index (χ0) is 41.0. The van der Waals surface area contributed by atoms with Crippen molar-refractivity contribution in [3.63, 3.8) is 0 Å². The number of aliphatic hydroxyl groups is 2. The SMILES string of the molecule is CCCCC/C=C\CCCCCCCC(=O)OC(CCCCCCC/C=C\CCCCCC)CC(=O)NC(CO)C(O)CCCCCCCCCCCCCC. The highest BCUT2D eigenvalue weighted by Gasteiger charge is 2.24. The predicted octanol–water partition coefficient (Wildman–Crippen LogP) is 14.3. The molecule has 0 aliphatic rings. The van der Waals surface area contributed by atoms with E-state index in [0.717, 1.165) is 64.2 Å². The molecule has 1 amide bonds. The lowest BCUT2D eigenvalue weighted by Crippen LogP contribution is -2.46. The van der Waals surface area contributed by atoms with Crippen LogP contribution < -0.4 is 5.32 Å². The summed E-state index contributed by atoms with van der Waals surface area (Å²) in [5.74, 6) is -0.485. The Morgan fingerprint density at radius 2 is 0.857 bits per heavy atom. The van der Waals surface area contributed by atoms with E-state index in [2.05, 4.69) is 50.4 Å². The molecule has 0 bridgehead atoms. The molecule has 56 heavy (non-hydrogen) atoms. The van der Waals surface area contributed by atoms with Crippen LogP contribution in [-0.2, 0) is 14.3 Å². The monoisotopic (exact) mass is 790 g/mol. The highest BCUT2D eigenvalue weighted by molar-refractivity contribution is 5.77. The maximum absolute atomic E-state index is 13.2. The summed E-state index contributed by atoms with van der Waals surface area (Å²) in [5, 5.41) is 23.7. The zero-order valence-electron chi connectivity index (χ0n) is 37.5. The minimum Gasteiger partial charge on any atom is -0.462 e. The maximum Gasteiger partial charge on any atom is 0.306 e. The van der Waals surface area contributed by atoms with E-state index in [1.54, 1.807) is 0 Å². The molecule has 6 nitrogen and oxygen atoms in total. The van der Waals surface area contributed by atoms with Crippen LogP contribution in [0.2, 0.25) is 0 Å². The Labute approximate surface area is 348 Å². The second-order valence-electron chi connectivity index (χ2n) is 16.9. The summed E-state index contributed by atoms with van der Waals surface area (Å²) in [6.45, 7) is 6.44. The number of carbonyl (C=O) groups is 2. The summed E-state index contributed by atoms with van der Waals surface area (Å²) in [6.07, 6.45) is 49.4. The smallest absolute Gasteiger partial charge is 0.306 e. The molecule has 0 aromatic heterocycles. The summed E-state index contributed by atoms with van der Waals surface area (Å²) < 4.78 is 5.91. The van der Waals surface area contributed by atoms with Crippen LogP contribution in [-0.4, -0.2) is 46.9 Å². The number of allylic oxidation sites excluding steroid dienone is 4. The average molecular weight is 790 g/mol. The fourth-order valence-corrected chi connectivity index (χ4v) is 7.48. The summed E-state index contributed by atoms with van der Waals surface area (Å²) in [6, 6.07) is -0.700. The topological polar surface area (TPSA) is 95.9 Å². The number of rotatable bonds is 44. The minimum absolute atomic E-state index is 0.0720. The van der Waals surface area contributed by atoms with Crippen molar-refractivity contribution in [2.24, 2.45) is 0 Å². The first-order chi connectivity index (χ1) is 27.5. The molecule has 0 aliphatic heterocycles. The molecule has 0 aromatic rings. The lowest BCUT2D eigenvalue weighted by atomic mass is 10.0. The third kappa shape index (κ3) is 39.2. The van der Waals surface area contributed by atoms with Gasteiger partial charge in [-0.15, -0.1) is 0 Å². The highest BCUT2D eigenvalue weighted by Crippen LogP contribution is 2.18. The van der Waals surface area contributed by atoms with Crippen molar-refractivity contribution in [3.8, 4) is 0 Å². The van der Waals surface area contributed by atoms with Gasteiger partial charge >= 0.3 is 5.97 Å². The number of nitrogens with one attached hydrogen (secondary N) is 1. The van der Waals surface area contributed by atoms with E-state index in [-0.39, 0.29) is 24.9 Å². The van der Waals surface area contributed by atoms with Gasteiger partial charge in [-0.1, -0.05) is 193 Å². The van der Waals surface area contributed by atoms with Crippen molar-refractivity contribution in [2.75, 3.05) is 6.61 Å². The number of ether oxygens (including phenoxy) is 1. The Hall–Kier alpha value is -1.66. The van der Waals surface area contributed by atoms with Crippen LogP contribution in [0.4, 0.5) is 0 Å². The zero-order valence-corrected chi connectivity index (χ0v) is 37.5. The molecule has 0 spiro atoms. The molecule has 3 unspecified atom stereocenters. The van der Waals surface area contributed by atoms with Gasteiger partial charge in [0.1, 0.15) is 6.10 Å². The molecule has 0 saturated heterocycles. The average Bonchev–Trinajstić information content (AvgIpc) is 3.19. The summed E-state index contributed by atoms with van der Waals surface area (Å²) in [7, 11) is 0. The van der Waals surface area contributed by atoms with Crippen molar-refractivity contribution in [1.82, 2.24) is 5.32 Å². The first-order valence-electron chi connectivity index (χ1n) is 24.6. The number of carbonyl (C=O) groups excluding carboxylic acids is 2. The van der Waals surface area contributed by atoms with E-state index in [1.165, 1.54) is 148 Å². The number of amides is 1. The Balaban J connectivity index is 4.59. The maximum atomic E-state index is 13.2. The van der Waals surface area contributed by atoms with Gasteiger partial charge < -0.3 is 20.3 Å². The van der Waals surface area contributed by atoms with Crippen molar-refractivity contribution in [2.45, 2.75) is 277 Å². The van der Waals surface area contributed by atoms with Crippen molar-refractivity contribution >= 4 is 11.9 Å². The molecule has 3 atom stereocenters. The van der Waals surface area contributed by atoms with Gasteiger partial charge in [0.2, 0.25) is 5.91 Å². The molecular formula is C50H95NO5. The van der Waals surface area contributed by atoms with Crippen molar-refractivity contribution in [3.05, 3.63) is 24.3 Å². The number of esters is 1. The molecule has 0 fully saturated rings. The first kappa shape index (κ1) is 54.3. The van der Waals surface area contributed by atoms with Gasteiger partial charge in [-0.3, -0.25) is 9.59 Å². The van der Waals surface area contributed by atoms with Gasteiger partial charge in [-0.25, -0.2) is 0 Å². The third-order valence-corrected chi connectivity index (χ3v) is 11.3. The lowest BCUT2D eigenvalue weighted by molar-refractivity contribution is -0.151. The normalized spacial score (nSPS) is 13.4. The Morgan fingerprint density at radius 1 is 0.500 bits per heavy atom. The molecule has 0 aliphatic carbocycles. The van der Waals surface area contributed by atoms with Crippen LogP contribution >= 0.6 is 0 Å².